The van der Waals surface area contributed by atoms with Gasteiger partial charge in [-0.25, -0.2) is 9.59 Å². The minimum absolute atomic E-state index is 0.347. The Morgan fingerprint density at radius 1 is 1.11 bits per heavy atom. The summed E-state index contributed by atoms with van der Waals surface area (Å²) in [6.45, 7) is 10.2. The van der Waals surface area contributed by atoms with E-state index in [2.05, 4.69) is 19.2 Å². The maximum Gasteiger partial charge on any atom is 0.332 e. The normalized spacial score (nSPS) is 27.2. The maximum absolute atomic E-state index is 11.6. The third-order valence-corrected chi connectivity index (χ3v) is 5.37. The molecule has 1 aromatic carbocycles. The van der Waals surface area contributed by atoms with Crippen molar-refractivity contribution in [1.29, 1.82) is 0 Å². The Labute approximate surface area is 165 Å². The molecule has 0 radical (unpaired) electrons. The smallest absolute Gasteiger partial charge is 0.332 e. The number of ether oxygens (including phenoxy) is 4. The molecular formula is C22H26O6. The van der Waals surface area contributed by atoms with Crippen LogP contribution in [0.3, 0.4) is 0 Å². The van der Waals surface area contributed by atoms with E-state index in [0.717, 1.165) is 37.0 Å². The molecule has 0 amide bonds. The van der Waals surface area contributed by atoms with E-state index in [1.165, 1.54) is 5.56 Å². The van der Waals surface area contributed by atoms with E-state index < -0.39 is 30.1 Å². The summed E-state index contributed by atoms with van der Waals surface area (Å²) in [5, 5.41) is 0. The summed E-state index contributed by atoms with van der Waals surface area (Å²) < 4.78 is 22.9. The van der Waals surface area contributed by atoms with Crippen molar-refractivity contribution in [2.45, 2.75) is 63.3 Å². The fourth-order valence-electron chi connectivity index (χ4n) is 4.31. The first-order valence-corrected chi connectivity index (χ1v) is 9.48. The highest BCUT2D eigenvalue weighted by Crippen LogP contribution is 2.55. The number of hydrogen-bond acceptors (Lipinski definition) is 6. The standard InChI is InChI=1S/C22H26O6/c1-5-20(23)26-14(3)25-19-13-16-11-12-22(19,18-10-8-7-9-17(16)18)28-15(4)27-21(24)6-2/h5-10,14-16,19H,1-2,11-13H2,3-4H3. The van der Waals surface area contributed by atoms with Crippen LogP contribution in [0.5, 0.6) is 0 Å². The van der Waals surface area contributed by atoms with Gasteiger partial charge in [0.15, 0.2) is 0 Å². The van der Waals surface area contributed by atoms with Crippen LogP contribution in [0.25, 0.3) is 0 Å². The van der Waals surface area contributed by atoms with Gasteiger partial charge in [-0.3, -0.25) is 0 Å². The molecule has 2 bridgehead atoms. The zero-order chi connectivity index (χ0) is 20.3. The molecule has 3 aliphatic carbocycles. The summed E-state index contributed by atoms with van der Waals surface area (Å²) in [5.74, 6) is -0.746. The molecule has 150 valence electrons. The predicted octanol–water partition coefficient (Wildman–Crippen LogP) is 3.72. The molecule has 6 heteroatoms. The lowest BCUT2D eigenvalue weighted by Crippen LogP contribution is -2.54. The van der Waals surface area contributed by atoms with Gasteiger partial charge in [-0.05, 0) is 50.2 Å². The lowest BCUT2D eigenvalue weighted by molar-refractivity contribution is -0.279. The Morgan fingerprint density at radius 3 is 2.43 bits per heavy atom. The molecule has 3 aliphatic rings. The molecule has 28 heavy (non-hydrogen) atoms. The average molecular weight is 386 g/mol. The zero-order valence-electron chi connectivity index (χ0n) is 16.3. The van der Waals surface area contributed by atoms with Crippen molar-refractivity contribution in [3.8, 4) is 0 Å². The number of esters is 2. The number of rotatable bonds is 8. The molecule has 4 rings (SSSR count). The molecule has 0 aromatic heterocycles. The number of carbonyl (C=O) groups is 2. The van der Waals surface area contributed by atoms with Crippen molar-refractivity contribution < 1.29 is 28.5 Å². The first-order valence-electron chi connectivity index (χ1n) is 9.48. The van der Waals surface area contributed by atoms with Crippen LogP contribution in [0.15, 0.2) is 49.6 Å². The van der Waals surface area contributed by atoms with Gasteiger partial charge in [-0.1, -0.05) is 37.4 Å². The van der Waals surface area contributed by atoms with E-state index in [9.17, 15) is 9.59 Å². The molecule has 5 atom stereocenters. The van der Waals surface area contributed by atoms with Crippen LogP contribution >= 0.6 is 0 Å². The number of carbonyl (C=O) groups excluding carboxylic acids is 2. The largest absolute Gasteiger partial charge is 0.433 e. The Balaban J connectivity index is 1.89. The van der Waals surface area contributed by atoms with Crippen molar-refractivity contribution in [2.24, 2.45) is 0 Å². The molecule has 6 nitrogen and oxygen atoms in total. The van der Waals surface area contributed by atoms with E-state index in [-0.39, 0.29) is 6.10 Å². The van der Waals surface area contributed by atoms with E-state index in [1.807, 2.05) is 18.2 Å². The fourth-order valence-corrected chi connectivity index (χ4v) is 4.31. The molecule has 0 heterocycles. The highest BCUT2D eigenvalue weighted by atomic mass is 16.7. The second-order valence-electron chi connectivity index (χ2n) is 7.11. The monoisotopic (exact) mass is 386 g/mol. The van der Waals surface area contributed by atoms with Crippen LogP contribution in [0.2, 0.25) is 0 Å². The van der Waals surface area contributed by atoms with Crippen LogP contribution in [0.4, 0.5) is 0 Å². The highest BCUT2D eigenvalue weighted by Gasteiger charge is 2.54. The lowest BCUT2D eigenvalue weighted by Gasteiger charge is -2.53. The van der Waals surface area contributed by atoms with Crippen LogP contribution in [-0.4, -0.2) is 30.6 Å². The Morgan fingerprint density at radius 2 is 1.75 bits per heavy atom. The third-order valence-electron chi connectivity index (χ3n) is 5.37. The number of fused-ring (bicyclic) bond motifs is 2. The summed E-state index contributed by atoms with van der Waals surface area (Å²) in [4.78, 5) is 23.1. The second kappa shape index (κ2) is 8.29. The zero-order valence-corrected chi connectivity index (χ0v) is 16.3. The van der Waals surface area contributed by atoms with Gasteiger partial charge in [0.05, 0.1) is 6.10 Å². The van der Waals surface area contributed by atoms with E-state index in [4.69, 9.17) is 18.9 Å². The van der Waals surface area contributed by atoms with Crippen molar-refractivity contribution in [3.05, 3.63) is 60.7 Å². The number of benzene rings is 1. The van der Waals surface area contributed by atoms with Gasteiger partial charge in [0.25, 0.3) is 0 Å². The Hall–Kier alpha value is -2.44. The molecule has 1 aromatic rings. The van der Waals surface area contributed by atoms with Crippen LogP contribution in [0, 0.1) is 0 Å². The van der Waals surface area contributed by atoms with Gasteiger partial charge in [0, 0.05) is 12.2 Å². The minimum Gasteiger partial charge on any atom is -0.433 e. The molecule has 0 saturated heterocycles. The first kappa shape index (κ1) is 20.3. The van der Waals surface area contributed by atoms with Crippen molar-refractivity contribution in [2.75, 3.05) is 0 Å². The summed E-state index contributed by atoms with van der Waals surface area (Å²) in [6, 6.07) is 8.11. The average Bonchev–Trinajstić information content (AvgIpc) is 2.68. The molecule has 1 saturated carbocycles. The molecule has 0 aliphatic heterocycles. The molecule has 1 fully saturated rings. The maximum atomic E-state index is 11.6. The topological polar surface area (TPSA) is 71.1 Å². The molecule has 5 unspecified atom stereocenters. The SMILES string of the molecule is C=CC(=O)OC(C)OC1CC2CCC1(OC(C)OC(=O)C=C)c1ccccc12. The fraction of sp³-hybridized carbons (Fsp3) is 0.455. The summed E-state index contributed by atoms with van der Waals surface area (Å²) in [5.41, 5.74) is 1.47. The van der Waals surface area contributed by atoms with Gasteiger partial charge < -0.3 is 18.9 Å². The minimum atomic E-state index is -0.791. The second-order valence-corrected chi connectivity index (χ2v) is 7.11. The van der Waals surface area contributed by atoms with Crippen LogP contribution < -0.4 is 0 Å². The molecular weight excluding hydrogens is 360 g/mol. The van der Waals surface area contributed by atoms with E-state index >= 15 is 0 Å². The predicted molar refractivity (Wildman–Crippen MR) is 102 cm³/mol. The Kier molecular flexibility index (Phi) is 6.01. The van der Waals surface area contributed by atoms with Crippen molar-refractivity contribution in [3.63, 3.8) is 0 Å². The van der Waals surface area contributed by atoms with Crippen LogP contribution in [0.1, 0.15) is 50.2 Å². The van der Waals surface area contributed by atoms with Crippen molar-refractivity contribution in [1.82, 2.24) is 0 Å². The third kappa shape index (κ3) is 3.88. The molecule has 0 spiro atoms. The van der Waals surface area contributed by atoms with Gasteiger partial charge in [0.1, 0.15) is 5.60 Å². The first-order chi connectivity index (χ1) is 13.4. The summed E-state index contributed by atoms with van der Waals surface area (Å²) in [7, 11) is 0. The van der Waals surface area contributed by atoms with E-state index in [1.54, 1.807) is 13.8 Å². The van der Waals surface area contributed by atoms with E-state index in [0.29, 0.717) is 5.92 Å². The Bertz CT molecular complexity index is 772. The van der Waals surface area contributed by atoms with Gasteiger partial charge in [-0.15, -0.1) is 0 Å². The highest BCUT2D eigenvalue weighted by molar-refractivity contribution is 5.81. The van der Waals surface area contributed by atoms with Gasteiger partial charge >= 0.3 is 11.9 Å². The quantitative estimate of drug-likeness (QED) is 0.385. The van der Waals surface area contributed by atoms with Gasteiger partial charge in [-0.2, -0.15) is 0 Å². The van der Waals surface area contributed by atoms with Crippen molar-refractivity contribution >= 4 is 11.9 Å². The van der Waals surface area contributed by atoms with Crippen LogP contribution in [-0.2, 0) is 34.1 Å². The summed E-state index contributed by atoms with van der Waals surface area (Å²) in [6.07, 6.45) is 2.71. The molecule has 0 N–H and O–H groups in total. The lowest BCUT2D eigenvalue weighted by atomic mass is 9.62. The number of hydrogen-bond donors (Lipinski definition) is 0. The van der Waals surface area contributed by atoms with Gasteiger partial charge in [0.2, 0.25) is 12.6 Å². The summed E-state index contributed by atoms with van der Waals surface area (Å²) >= 11 is 0.